The molecule has 0 amide bonds. The Bertz CT molecular complexity index is 935. The third kappa shape index (κ3) is 47.9. The van der Waals surface area contributed by atoms with Crippen molar-refractivity contribution in [3.05, 3.63) is 0 Å². The highest BCUT2D eigenvalue weighted by Crippen LogP contribution is 2.18. The minimum atomic E-state index is -0.760. The Morgan fingerprint density at radius 2 is 0.565 bits per heavy atom. The van der Waals surface area contributed by atoms with E-state index in [-0.39, 0.29) is 31.1 Å². The Morgan fingerprint density at radius 3 is 0.839 bits per heavy atom. The van der Waals surface area contributed by atoms with Gasteiger partial charge in [-0.25, -0.2) is 0 Å². The summed E-state index contributed by atoms with van der Waals surface area (Å²) in [5, 5.41) is 0. The molecule has 0 aromatic carbocycles. The Hall–Kier alpha value is -1.59. The van der Waals surface area contributed by atoms with E-state index in [9.17, 15) is 14.4 Å². The van der Waals surface area contributed by atoms with E-state index in [1.807, 2.05) is 0 Å². The maximum Gasteiger partial charge on any atom is 0.306 e. The lowest BCUT2D eigenvalue weighted by Gasteiger charge is -2.18. The van der Waals surface area contributed by atoms with Crippen molar-refractivity contribution < 1.29 is 28.6 Å². The molecule has 0 aliphatic carbocycles. The monoisotopic (exact) mass is 877 g/mol. The summed E-state index contributed by atoms with van der Waals surface area (Å²) in [5.41, 5.74) is 0. The topological polar surface area (TPSA) is 78.9 Å². The fraction of sp³-hybridized carbons (Fsp3) is 0.946. The Morgan fingerprint density at radius 1 is 0.323 bits per heavy atom. The van der Waals surface area contributed by atoms with Crippen molar-refractivity contribution in [2.24, 2.45) is 5.92 Å². The van der Waals surface area contributed by atoms with Crippen LogP contribution in [0.2, 0.25) is 0 Å². The Kier molecular flexibility index (Phi) is 49.1. The van der Waals surface area contributed by atoms with Gasteiger partial charge in [0.15, 0.2) is 6.10 Å². The van der Waals surface area contributed by atoms with Crippen LogP contribution >= 0.6 is 0 Å². The molecule has 0 spiro atoms. The third-order valence-corrected chi connectivity index (χ3v) is 13.2. The smallest absolute Gasteiger partial charge is 0.306 e. The van der Waals surface area contributed by atoms with Crippen LogP contribution in [0.3, 0.4) is 0 Å². The second kappa shape index (κ2) is 50.4. The zero-order valence-electron chi connectivity index (χ0n) is 42.3. The van der Waals surface area contributed by atoms with Gasteiger partial charge >= 0.3 is 17.9 Å². The molecule has 0 saturated heterocycles. The highest BCUT2D eigenvalue weighted by atomic mass is 16.6. The molecule has 0 aliphatic rings. The molecule has 6 heteroatoms. The maximum absolute atomic E-state index is 12.8. The van der Waals surface area contributed by atoms with E-state index in [1.165, 1.54) is 212 Å². The molecule has 0 fully saturated rings. The minimum Gasteiger partial charge on any atom is -0.462 e. The van der Waals surface area contributed by atoms with Crippen LogP contribution in [0.1, 0.15) is 317 Å². The summed E-state index contributed by atoms with van der Waals surface area (Å²) in [6.07, 6.45) is 53.9. The average molecular weight is 877 g/mol. The number of hydrogen-bond acceptors (Lipinski definition) is 6. The third-order valence-electron chi connectivity index (χ3n) is 13.2. The van der Waals surface area contributed by atoms with Gasteiger partial charge in [0.05, 0.1) is 0 Å². The predicted molar refractivity (Wildman–Crippen MR) is 266 cm³/mol. The van der Waals surface area contributed by atoms with Gasteiger partial charge in [0.25, 0.3) is 0 Å². The zero-order valence-corrected chi connectivity index (χ0v) is 42.3. The molecule has 62 heavy (non-hydrogen) atoms. The van der Waals surface area contributed by atoms with Gasteiger partial charge in [-0.05, 0) is 25.2 Å². The van der Waals surface area contributed by atoms with Crippen molar-refractivity contribution >= 4 is 17.9 Å². The van der Waals surface area contributed by atoms with E-state index in [4.69, 9.17) is 14.2 Å². The first-order valence-electron chi connectivity index (χ1n) is 27.9. The summed E-state index contributed by atoms with van der Waals surface area (Å²) in [5.74, 6) is 0.0628. The van der Waals surface area contributed by atoms with E-state index in [0.29, 0.717) is 19.3 Å². The van der Waals surface area contributed by atoms with Crippen LogP contribution in [0.5, 0.6) is 0 Å². The van der Waals surface area contributed by atoms with Gasteiger partial charge in [-0.1, -0.05) is 278 Å². The molecule has 0 rings (SSSR count). The van der Waals surface area contributed by atoms with Crippen molar-refractivity contribution in [3.8, 4) is 0 Å². The van der Waals surface area contributed by atoms with Gasteiger partial charge in [-0.15, -0.1) is 0 Å². The average Bonchev–Trinajstić information content (AvgIpc) is 3.27. The summed E-state index contributed by atoms with van der Waals surface area (Å²) in [6.45, 7) is 9.06. The van der Waals surface area contributed by atoms with Gasteiger partial charge < -0.3 is 14.2 Å². The summed E-state index contributed by atoms with van der Waals surface area (Å²) in [7, 11) is 0. The van der Waals surface area contributed by atoms with E-state index >= 15 is 0 Å². The molecular formula is C56H108O6. The van der Waals surface area contributed by atoms with Crippen molar-refractivity contribution in [2.45, 2.75) is 323 Å². The molecule has 6 nitrogen and oxygen atoms in total. The summed E-state index contributed by atoms with van der Waals surface area (Å²) < 4.78 is 16.8. The first-order chi connectivity index (χ1) is 30.4. The molecule has 0 heterocycles. The fourth-order valence-electron chi connectivity index (χ4n) is 8.54. The van der Waals surface area contributed by atoms with Crippen LogP contribution in [0, 0.1) is 5.92 Å². The number of rotatable bonds is 51. The van der Waals surface area contributed by atoms with E-state index in [0.717, 1.165) is 63.7 Å². The quantitative estimate of drug-likeness (QED) is 0.0344. The lowest BCUT2D eigenvalue weighted by atomic mass is 9.99. The van der Waals surface area contributed by atoms with Gasteiger partial charge in [0.1, 0.15) is 13.2 Å². The lowest BCUT2D eigenvalue weighted by Crippen LogP contribution is -2.30. The fourth-order valence-corrected chi connectivity index (χ4v) is 8.54. The second-order valence-electron chi connectivity index (χ2n) is 19.5. The SMILES string of the molecule is CCCCCCCCCCCCCCCCCC(=O)OC[C@@H](COC(=O)CCCCCCCCC)OC(=O)CCCCCCCCCCCCCCCCCCCCC(C)CC. The standard InChI is InChI=1S/C56H108O6/c1-5-8-10-12-14-15-16-17-22-26-29-32-36-40-44-48-55(58)61-51-53(50-60-54(57)47-43-39-34-13-11-9-6-2)62-56(59)49-45-41-37-33-30-27-24-21-19-18-20-23-25-28-31-35-38-42-46-52(4)7-3/h52-53H,5-51H2,1-4H3/t52?,53-/m1/s1. The number of carbonyl (C=O) groups excluding carboxylic acids is 3. The Labute approximate surface area is 387 Å². The van der Waals surface area contributed by atoms with E-state index in [2.05, 4.69) is 27.7 Å². The van der Waals surface area contributed by atoms with Crippen molar-refractivity contribution in [1.82, 2.24) is 0 Å². The normalized spacial score (nSPS) is 12.4. The number of hydrogen-bond donors (Lipinski definition) is 0. The molecule has 1 unspecified atom stereocenters. The van der Waals surface area contributed by atoms with Crippen molar-refractivity contribution in [2.75, 3.05) is 13.2 Å². The highest BCUT2D eigenvalue weighted by Gasteiger charge is 2.19. The van der Waals surface area contributed by atoms with Crippen molar-refractivity contribution in [1.29, 1.82) is 0 Å². The molecular weight excluding hydrogens is 769 g/mol. The van der Waals surface area contributed by atoms with Gasteiger partial charge in [0, 0.05) is 19.3 Å². The number of ether oxygens (including phenoxy) is 3. The predicted octanol–water partition coefficient (Wildman–Crippen LogP) is 18.2. The van der Waals surface area contributed by atoms with Crippen LogP contribution in [-0.4, -0.2) is 37.2 Å². The molecule has 0 radical (unpaired) electrons. The zero-order chi connectivity index (χ0) is 45.2. The molecule has 0 N–H and O–H groups in total. The first kappa shape index (κ1) is 60.4. The van der Waals surface area contributed by atoms with Gasteiger partial charge in [-0.2, -0.15) is 0 Å². The minimum absolute atomic E-state index is 0.0626. The molecule has 368 valence electrons. The maximum atomic E-state index is 12.8. The molecule has 0 aromatic rings. The Balaban J connectivity index is 4.13. The number of unbranched alkanes of at least 4 members (excludes halogenated alkanes) is 37. The van der Waals surface area contributed by atoms with Crippen LogP contribution < -0.4 is 0 Å². The molecule has 0 aromatic heterocycles. The number of esters is 3. The largest absolute Gasteiger partial charge is 0.462 e. The van der Waals surface area contributed by atoms with E-state index in [1.54, 1.807) is 0 Å². The van der Waals surface area contributed by atoms with Crippen LogP contribution in [-0.2, 0) is 28.6 Å². The van der Waals surface area contributed by atoms with Crippen LogP contribution in [0.25, 0.3) is 0 Å². The molecule has 0 aliphatic heterocycles. The second-order valence-corrected chi connectivity index (χ2v) is 19.5. The molecule has 0 bridgehead atoms. The lowest BCUT2D eigenvalue weighted by molar-refractivity contribution is -0.167. The van der Waals surface area contributed by atoms with Gasteiger partial charge in [0.2, 0.25) is 0 Å². The van der Waals surface area contributed by atoms with Crippen LogP contribution in [0.4, 0.5) is 0 Å². The summed E-state index contributed by atoms with van der Waals surface area (Å²) >= 11 is 0. The molecule has 0 saturated carbocycles. The number of carbonyl (C=O) groups is 3. The van der Waals surface area contributed by atoms with E-state index < -0.39 is 6.10 Å². The summed E-state index contributed by atoms with van der Waals surface area (Å²) in [6, 6.07) is 0. The molecule has 2 atom stereocenters. The van der Waals surface area contributed by atoms with Crippen molar-refractivity contribution in [3.63, 3.8) is 0 Å². The summed E-state index contributed by atoms with van der Waals surface area (Å²) in [4.78, 5) is 37.9. The van der Waals surface area contributed by atoms with Crippen LogP contribution in [0.15, 0.2) is 0 Å². The van der Waals surface area contributed by atoms with Gasteiger partial charge in [-0.3, -0.25) is 14.4 Å². The highest BCUT2D eigenvalue weighted by molar-refractivity contribution is 5.71. The first-order valence-corrected chi connectivity index (χ1v) is 27.9.